The van der Waals surface area contributed by atoms with E-state index in [2.05, 4.69) is 21.5 Å². The molecule has 1 aliphatic rings. The number of rotatable bonds is 0. The fourth-order valence-corrected chi connectivity index (χ4v) is 1.36. The summed E-state index contributed by atoms with van der Waals surface area (Å²) in [5.41, 5.74) is 2.33. The third-order valence-corrected chi connectivity index (χ3v) is 2.03. The maximum atomic E-state index is 4.28. The van der Waals surface area contributed by atoms with Crippen molar-refractivity contribution in [2.75, 3.05) is 0 Å². The molecule has 0 fully saturated rings. The van der Waals surface area contributed by atoms with Crippen LogP contribution in [0.5, 0.6) is 0 Å². The van der Waals surface area contributed by atoms with Gasteiger partial charge in [-0.25, -0.2) is 4.98 Å². The minimum atomic E-state index is 0.415. The summed E-state index contributed by atoms with van der Waals surface area (Å²) in [7, 11) is 2.03. The second-order valence-corrected chi connectivity index (χ2v) is 3.02. The van der Waals surface area contributed by atoms with Gasteiger partial charge in [-0.2, -0.15) is 0 Å². The fourth-order valence-electron chi connectivity index (χ4n) is 1.36. The first kappa shape index (κ1) is 6.58. The first-order valence-corrected chi connectivity index (χ1v) is 3.81. The average molecular weight is 149 g/mol. The molecule has 0 saturated heterocycles. The van der Waals surface area contributed by atoms with Crippen molar-refractivity contribution in [1.82, 2.24) is 9.55 Å². The van der Waals surface area contributed by atoms with Crippen LogP contribution in [0.2, 0.25) is 0 Å². The Balaban J connectivity index is 2.48. The van der Waals surface area contributed by atoms with Gasteiger partial charge in [-0.3, -0.25) is 4.99 Å². The van der Waals surface area contributed by atoms with Crippen molar-refractivity contribution in [1.29, 1.82) is 0 Å². The standard InChI is InChI=1S/C8H11N3/c1-6-3-8-7(4-9-6)10-5-11(8)2/h4-6H,3H2,1-2H3. The molecule has 1 atom stereocenters. The number of fused-ring (bicyclic) bond motifs is 1. The van der Waals surface area contributed by atoms with Gasteiger partial charge in [0.1, 0.15) is 5.69 Å². The maximum Gasteiger partial charge on any atom is 0.102 e. The normalized spacial score (nSPS) is 21.8. The highest BCUT2D eigenvalue weighted by Crippen LogP contribution is 2.13. The zero-order chi connectivity index (χ0) is 7.84. The lowest BCUT2D eigenvalue weighted by Gasteiger charge is -2.11. The van der Waals surface area contributed by atoms with Gasteiger partial charge in [0.2, 0.25) is 0 Å². The molecule has 0 aromatic carbocycles. The Bertz CT molecular complexity index is 298. The molecule has 1 aromatic rings. The van der Waals surface area contributed by atoms with Crippen LogP contribution in [0.25, 0.3) is 0 Å². The van der Waals surface area contributed by atoms with Crippen LogP contribution in [-0.2, 0) is 13.5 Å². The van der Waals surface area contributed by atoms with Crippen molar-refractivity contribution < 1.29 is 0 Å². The van der Waals surface area contributed by atoms with Crippen molar-refractivity contribution in [3.05, 3.63) is 17.7 Å². The molecule has 58 valence electrons. The Morgan fingerprint density at radius 3 is 3.27 bits per heavy atom. The molecule has 0 bridgehead atoms. The molecule has 0 spiro atoms. The van der Waals surface area contributed by atoms with Gasteiger partial charge < -0.3 is 4.57 Å². The highest BCUT2D eigenvalue weighted by Gasteiger charge is 2.14. The number of aliphatic imine (C=N–C) groups is 1. The van der Waals surface area contributed by atoms with Crippen molar-refractivity contribution in [3.8, 4) is 0 Å². The molecule has 3 nitrogen and oxygen atoms in total. The molecule has 0 amide bonds. The summed E-state index contributed by atoms with van der Waals surface area (Å²) in [6, 6.07) is 0.415. The lowest BCUT2D eigenvalue weighted by Crippen LogP contribution is -2.13. The van der Waals surface area contributed by atoms with Crippen LogP contribution >= 0.6 is 0 Å². The Hall–Kier alpha value is -1.12. The summed E-state index contributed by atoms with van der Waals surface area (Å²) in [6.07, 6.45) is 4.72. The monoisotopic (exact) mass is 149 g/mol. The summed E-state index contributed by atoms with van der Waals surface area (Å²) < 4.78 is 2.07. The predicted molar refractivity (Wildman–Crippen MR) is 44.0 cm³/mol. The smallest absolute Gasteiger partial charge is 0.102 e. The Kier molecular flexibility index (Phi) is 1.31. The average Bonchev–Trinajstić information content (AvgIpc) is 2.33. The van der Waals surface area contributed by atoms with Crippen LogP contribution in [0, 0.1) is 0 Å². The van der Waals surface area contributed by atoms with Gasteiger partial charge in [0, 0.05) is 25.4 Å². The molecule has 0 radical (unpaired) electrons. The number of aromatic nitrogens is 2. The van der Waals surface area contributed by atoms with E-state index in [1.165, 1.54) is 5.69 Å². The van der Waals surface area contributed by atoms with Crippen LogP contribution in [-0.4, -0.2) is 21.8 Å². The quantitative estimate of drug-likeness (QED) is 0.536. The SMILES string of the molecule is CC1Cc2c(ncn2C)C=N1. The van der Waals surface area contributed by atoms with E-state index in [9.17, 15) is 0 Å². The Morgan fingerprint density at radius 1 is 1.64 bits per heavy atom. The minimum absolute atomic E-state index is 0.415. The molecule has 1 aliphatic heterocycles. The van der Waals surface area contributed by atoms with Crippen LogP contribution in [0.4, 0.5) is 0 Å². The maximum absolute atomic E-state index is 4.28. The van der Waals surface area contributed by atoms with E-state index in [0.29, 0.717) is 6.04 Å². The lowest BCUT2D eigenvalue weighted by atomic mass is 10.1. The molecule has 11 heavy (non-hydrogen) atoms. The van der Waals surface area contributed by atoms with E-state index in [4.69, 9.17) is 0 Å². The number of hydrogen-bond acceptors (Lipinski definition) is 2. The van der Waals surface area contributed by atoms with Crippen molar-refractivity contribution in [2.45, 2.75) is 19.4 Å². The van der Waals surface area contributed by atoms with E-state index in [0.717, 1.165) is 12.1 Å². The van der Waals surface area contributed by atoms with Gasteiger partial charge in [-0.05, 0) is 6.92 Å². The van der Waals surface area contributed by atoms with Gasteiger partial charge in [-0.15, -0.1) is 0 Å². The van der Waals surface area contributed by atoms with Gasteiger partial charge >= 0.3 is 0 Å². The van der Waals surface area contributed by atoms with Gasteiger partial charge in [-0.1, -0.05) is 0 Å². The highest BCUT2D eigenvalue weighted by atomic mass is 15.0. The largest absolute Gasteiger partial charge is 0.337 e. The molecule has 0 aliphatic carbocycles. The molecular formula is C8H11N3. The highest BCUT2D eigenvalue weighted by molar-refractivity contribution is 5.79. The van der Waals surface area contributed by atoms with Gasteiger partial charge in [0.05, 0.1) is 12.4 Å². The molecule has 1 aromatic heterocycles. The van der Waals surface area contributed by atoms with Crippen LogP contribution in [0.3, 0.4) is 0 Å². The molecule has 0 saturated carbocycles. The lowest BCUT2D eigenvalue weighted by molar-refractivity contribution is 0.684. The Labute approximate surface area is 65.8 Å². The third-order valence-electron chi connectivity index (χ3n) is 2.03. The number of hydrogen-bond donors (Lipinski definition) is 0. The summed E-state index contributed by atoms with van der Waals surface area (Å²) in [4.78, 5) is 8.49. The zero-order valence-corrected chi connectivity index (χ0v) is 6.78. The van der Waals surface area contributed by atoms with Crippen molar-refractivity contribution in [3.63, 3.8) is 0 Å². The van der Waals surface area contributed by atoms with E-state index < -0.39 is 0 Å². The number of imidazole rings is 1. The second-order valence-electron chi connectivity index (χ2n) is 3.02. The fraction of sp³-hybridized carbons (Fsp3) is 0.500. The van der Waals surface area contributed by atoms with E-state index >= 15 is 0 Å². The van der Waals surface area contributed by atoms with Gasteiger partial charge in [0.25, 0.3) is 0 Å². The van der Waals surface area contributed by atoms with Crippen LogP contribution < -0.4 is 0 Å². The third kappa shape index (κ3) is 0.964. The van der Waals surface area contributed by atoms with Crippen molar-refractivity contribution in [2.24, 2.45) is 12.0 Å². The van der Waals surface area contributed by atoms with Crippen LogP contribution in [0.1, 0.15) is 18.3 Å². The van der Waals surface area contributed by atoms with Crippen LogP contribution in [0.15, 0.2) is 11.3 Å². The summed E-state index contributed by atoms with van der Waals surface area (Å²) in [5.74, 6) is 0. The summed E-state index contributed by atoms with van der Waals surface area (Å²) in [5, 5.41) is 0. The summed E-state index contributed by atoms with van der Waals surface area (Å²) >= 11 is 0. The van der Waals surface area contributed by atoms with E-state index in [1.54, 1.807) is 0 Å². The number of nitrogens with zero attached hydrogens (tertiary/aromatic N) is 3. The topological polar surface area (TPSA) is 30.2 Å². The van der Waals surface area contributed by atoms with E-state index in [1.807, 2.05) is 19.6 Å². The van der Waals surface area contributed by atoms with E-state index in [-0.39, 0.29) is 0 Å². The zero-order valence-electron chi connectivity index (χ0n) is 6.78. The minimum Gasteiger partial charge on any atom is -0.337 e. The molecular weight excluding hydrogens is 138 g/mol. The summed E-state index contributed by atoms with van der Waals surface area (Å²) in [6.45, 7) is 2.12. The molecule has 0 N–H and O–H groups in total. The second kappa shape index (κ2) is 2.19. The first-order valence-electron chi connectivity index (χ1n) is 3.81. The Morgan fingerprint density at radius 2 is 2.45 bits per heavy atom. The molecule has 3 heteroatoms. The first-order chi connectivity index (χ1) is 5.27. The number of aryl methyl sites for hydroxylation is 1. The molecule has 1 unspecified atom stereocenters. The predicted octanol–water partition coefficient (Wildman–Crippen LogP) is 0.784. The molecule has 2 heterocycles. The van der Waals surface area contributed by atoms with Crippen molar-refractivity contribution >= 4 is 6.21 Å². The van der Waals surface area contributed by atoms with Gasteiger partial charge in [0.15, 0.2) is 0 Å². The molecule has 2 rings (SSSR count).